The van der Waals surface area contributed by atoms with E-state index in [-0.39, 0.29) is 28.7 Å². The largest absolute Gasteiger partial charge is 0.383 e. The maximum absolute atomic E-state index is 12.0. The zero-order chi connectivity index (χ0) is 13.3. The summed E-state index contributed by atoms with van der Waals surface area (Å²) in [6.45, 7) is 9.76. The van der Waals surface area contributed by atoms with Gasteiger partial charge in [0.25, 0.3) is 0 Å². The van der Waals surface area contributed by atoms with Crippen LogP contribution in [-0.2, 0) is 9.53 Å². The lowest BCUT2D eigenvalue weighted by atomic mass is 10.0. The molecule has 4 heteroatoms. The van der Waals surface area contributed by atoms with Crippen molar-refractivity contribution in [2.45, 2.75) is 40.2 Å². The van der Waals surface area contributed by atoms with E-state index < -0.39 is 0 Å². The molecule has 0 saturated heterocycles. The van der Waals surface area contributed by atoms with Crippen molar-refractivity contribution in [1.29, 1.82) is 0 Å². The van der Waals surface area contributed by atoms with Gasteiger partial charge in [0.15, 0.2) is 0 Å². The summed E-state index contributed by atoms with van der Waals surface area (Å²) in [4.78, 5) is 12.0. The summed E-state index contributed by atoms with van der Waals surface area (Å²) in [5.74, 6) is 0.276. The number of amides is 1. The minimum atomic E-state index is 0.000485. The Labute approximate surface area is 104 Å². The Morgan fingerprint density at radius 3 is 2.29 bits per heavy atom. The zero-order valence-corrected chi connectivity index (χ0v) is 11.7. The fraction of sp³-hybridized carbons (Fsp3) is 0.923. The second-order valence-electron chi connectivity index (χ2n) is 6.17. The molecule has 1 aliphatic carbocycles. The lowest BCUT2D eigenvalue weighted by Gasteiger charge is -2.11. The molecule has 1 amide bonds. The van der Waals surface area contributed by atoms with E-state index in [0.29, 0.717) is 13.2 Å². The topological polar surface area (TPSA) is 64.3 Å². The number of rotatable bonds is 6. The highest BCUT2D eigenvalue weighted by atomic mass is 16.5. The molecule has 0 aromatic carbocycles. The van der Waals surface area contributed by atoms with Gasteiger partial charge in [0.05, 0.1) is 6.61 Å². The molecular weight excluding hydrogens is 216 g/mol. The molecule has 0 heterocycles. The molecule has 1 fully saturated rings. The SMILES string of the molecule is COCC(N)CCNC(=O)C1C(C)(C)C1(C)C. The molecule has 0 aromatic rings. The Kier molecular flexibility index (Phi) is 4.20. The van der Waals surface area contributed by atoms with Gasteiger partial charge >= 0.3 is 0 Å². The summed E-state index contributed by atoms with van der Waals surface area (Å²) >= 11 is 0. The fourth-order valence-corrected chi connectivity index (χ4v) is 2.63. The molecule has 0 radical (unpaired) electrons. The summed E-state index contributed by atoms with van der Waals surface area (Å²) < 4.78 is 4.95. The summed E-state index contributed by atoms with van der Waals surface area (Å²) in [5.41, 5.74) is 6.00. The van der Waals surface area contributed by atoms with Gasteiger partial charge in [-0.2, -0.15) is 0 Å². The molecule has 1 rings (SSSR count). The molecule has 1 atom stereocenters. The number of ether oxygens (including phenoxy) is 1. The highest BCUT2D eigenvalue weighted by Gasteiger charge is 2.68. The Morgan fingerprint density at radius 1 is 1.35 bits per heavy atom. The first-order valence-corrected chi connectivity index (χ1v) is 6.27. The van der Waals surface area contributed by atoms with Crippen LogP contribution in [0.3, 0.4) is 0 Å². The summed E-state index contributed by atoms with van der Waals surface area (Å²) in [6, 6.07) is 0.000485. The summed E-state index contributed by atoms with van der Waals surface area (Å²) in [6.07, 6.45) is 0.757. The first-order valence-electron chi connectivity index (χ1n) is 6.27. The number of nitrogens with two attached hydrogens (primary N) is 1. The maximum Gasteiger partial charge on any atom is 0.224 e. The van der Waals surface area contributed by atoms with Gasteiger partial charge in [-0.05, 0) is 17.3 Å². The smallest absolute Gasteiger partial charge is 0.224 e. The van der Waals surface area contributed by atoms with Gasteiger partial charge in [-0.15, -0.1) is 0 Å². The molecular formula is C13H26N2O2. The third-order valence-corrected chi connectivity index (χ3v) is 4.48. The summed E-state index contributed by atoms with van der Waals surface area (Å²) in [7, 11) is 1.63. The third kappa shape index (κ3) is 2.80. The van der Waals surface area contributed by atoms with Crippen molar-refractivity contribution >= 4 is 5.91 Å². The second kappa shape index (κ2) is 4.94. The Balaban J connectivity index is 2.28. The summed E-state index contributed by atoms with van der Waals surface area (Å²) in [5, 5.41) is 2.97. The van der Waals surface area contributed by atoms with Gasteiger partial charge in [-0.25, -0.2) is 0 Å². The third-order valence-electron chi connectivity index (χ3n) is 4.48. The van der Waals surface area contributed by atoms with Crippen molar-refractivity contribution < 1.29 is 9.53 Å². The molecule has 0 spiro atoms. The molecule has 3 N–H and O–H groups in total. The average Bonchev–Trinajstić information content (AvgIpc) is 2.57. The quantitative estimate of drug-likeness (QED) is 0.734. The minimum Gasteiger partial charge on any atom is -0.383 e. The molecule has 100 valence electrons. The van der Waals surface area contributed by atoms with Gasteiger partial charge in [0.1, 0.15) is 0 Å². The highest BCUT2D eigenvalue weighted by molar-refractivity contribution is 5.84. The van der Waals surface area contributed by atoms with Crippen LogP contribution < -0.4 is 11.1 Å². The van der Waals surface area contributed by atoms with Gasteiger partial charge in [0, 0.05) is 25.6 Å². The molecule has 0 aliphatic heterocycles. The predicted octanol–water partition coefficient (Wildman–Crippen LogP) is 1.15. The van der Waals surface area contributed by atoms with E-state index in [0.717, 1.165) is 6.42 Å². The van der Waals surface area contributed by atoms with Crippen molar-refractivity contribution in [1.82, 2.24) is 5.32 Å². The van der Waals surface area contributed by atoms with E-state index in [2.05, 4.69) is 33.0 Å². The Hall–Kier alpha value is -0.610. The standard InChI is InChI=1S/C13H26N2O2/c1-12(2)10(13(12,3)4)11(16)15-7-6-9(14)8-17-5/h9-10H,6-8,14H2,1-5H3,(H,15,16). The zero-order valence-electron chi connectivity index (χ0n) is 11.7. The van der Waals surface area contributed by atoms with E-state index in [1.54, 1.807) is 7.11 Å². The second-order valence-corrected chi connectivity index (χ2v) is 6.17. The van der Waals surface area contributed by atoms with Crippen LogP contribution in [0.5, 0.6) is 0 Å². The van der Waals surface area contributed by atoms with Crippen molar-refractivity contribution in [3.63, 3.8) is 0 Å². The molecule has 1 saturated carbocycles. The molecule has 0 aromatic heterocycles. The van der Waals surface area contributed by atoms with Crippen LogP contribution in [-0.4, -0.2) is 32.2 Å². The van der Waals surface area contributed by atoms with E-state index in [9.17, 15) is 4.79 Å². The molecule has 1 aliphatic rings. The predicted molar refractivity (Wildman–Crippen MR) is 68.5 cm³/mol. The van der Waals surface area contributed by atoms with Crippen molar-refractivity contribution in [2.24, 2.45) is 22.5 Å². The number of nitrogens with one attached hydrogen (secondary N) is 1. The monoisotopic (exact) mass is 242 g/mol. The number of carbonyl (C=O) groups is 1. The number of hydrogen-bond acceptors (Lipinski definition) is 3. The van der Waals surface area contributed by atoms with Crippen molar-refractivity contribution in [3.8, 4) is 0 Å². The first-order chi connectivity index (χ1) is 7.75. The molecule has 0 bridgehead atoms. The van der Waals surface area contributed by atoms with Crippen LogP contribution in [0.2, 0.25) is 0 Å². The number of methoxy groups -OCH3 is 1. The van der Waals surface area contributed by atoms with Gasteiger partial charge < -0.3 is 15.8 Å². The van der Waals surface area contributed by atoms with Crippen LogP contribution >= 0.6 is 0 Å². The van der Waals surface area contributed by atoms with Crippen LogP contribution in [0.15, 0.2) is 0 Å². The van der Waals surface area contributed by atoms with Gasteiger partial charge in [0.2, 0.25) is 5.91 Å². The maximum atomic E-state index is 12.0. The van der Waals surface area contributed by atoms with E-state index in [1.807, 2.05) is 0 Å². The van der Waals surface area contributed by atoms with Gasteiger partial charge in [-0.3, -0.25) is 4.79 Å². The lowest BCUT2D eigenvalue weighted by molar-refractivity contribution is -0.123. The van der Waals surface area contributed by atoms with E-state index in [1.165, 1.54) is 0 Å². The molecule has 17 heavy (non-hydrogen) atoms. The van der Waals surface area contributed by atoms with Crippen molar-refractivity contribution in [2.75, 3.05) is 20.3 Å². The van der Waals surface area contributed by atoms with Gasteiger partial charge in [-0.1, -0.05) is 27.7 Å². The number of carbonyl (C=O) groups excluding carboxylic acids is 1. The number of hydrogen-bond donors (Lipinski definition) is 2. The van der Waals surface area contributed by atoms with Crippen molar-refractivity contribution in [3.05, 3.63) is 0 Å². The van der Waals surface area contributed by atoms with Crippen LogP contribution in [0.25, 0.3) is 0 Å². The fourth-order valence-electron chi connectivity index (χ4n) is 2.63. The van der Waals surface area contributed by atoms with Crippen LogP contribution in [0.4, 0.5) is 0 Å². The highest BCUT2D eigenvalue weighted by Crippen LogP contribution is 2.68. The Morgan fingerprint density at radius 2 is 1.88 bits per heavy atom. The van der Waals surface area contributed by atoms with Crippen LogP contribution in [0.1, 0.15) is 34.1 Å². The first kappa shape index (κ1) is 14.5. The molecule has 1 unspecified atom stereocenters. The lowest BCUT2D eigenvalue weighted by Crippen LogP contribution is -2.34. The Bertz CT molecular complexity index is 273. The van der Waals surface area contributed by atoms with Crippen LogP contribution in [0, 0.1) is 16.7 Å². The normalized spacial score (nSPS) is 23.2. The van der Waals surface area contributed by atoms with E-state index in [4.69, 9.17) is 10.5 Å². The molecule has 4 nitrogen and oxygen atoms in total. The van der Waals surface area contributed by atoms with E-state index >= 15 is 0 Å². The average molecular weight is 242 g/mol. The minimum absolute atomic E-state index is 0.000485.